The van der Waals surface area contributed by atoms with E-state index in [4.69, 9.17) is 5.11 Å². The Labute approximate surface area is 96.7 Å². The summed E-state index contributed by atoms with van der Waals surface area (Å²) in [7, 11) is 0. The fraction of sp³-hybridized carbons (Fsp3) is 0.0833. The zero-order valence-corrected chi connectivity index (χ0v) is 9.25. The lowest BCUT2D eigenvalue weighted by Crippen LogP contribution is -1.78. The van der Waals surface area contributed by atoms with Crippen LogP contribution < -0.4 is 0 Å². The van der Waals surface area contributed by atoms with Crippen LogP contribution >= 0.6 is 11.3 Å². The number of halogens is 1. The summed E-state index contributed by atoms with van der Waals surface area (Å²) in [5.74, 6) is -0.402. The van der Waals surface area contributed by atoms with Crippen LogP contribution in [0.3, 0.4) is 0 Å². The predicted octanol–water partition coefficient (Wildman–Crippen LogP) is 3.11. The first-order chi connectivity index (χ1) is 7.81. The van der Waals surface area contributed by atoms with Gasteiger partial charge in [-0.15, -0.1) is 11.3 Å². The molecule has 0 amide bonds. The molecule has 2 aromatic rings. The van der Waals surface area contributed by atoms with Crippen LogP contribution in [0.1, 0.15) is 5.56 Å². The molecule has 0 saturated carbocycles. The zero-order chi connectivity index (χ0) is 11.4. The Morgan fingerprint density at radius 3 is 3.06 bits per heavy atom. The van der Waals surface area contributed by atoms with Crippen molar-refractivity contribution in [2.75, 3.05) is 6.61 Å². The van der Waals surface area contributed by atoms with Crippen LogP contribution in [-0.4, -0.2) is 16.7 Å². The van der Waals surface area contributed by atoms with Crippen molar-refractivity contribution < 1.29 is 9.50 Å². The second kappa shape index (κ2) is 5.01. The molecule has 2 heterocycles. The summed E-state index contributed by atoms with van der Waals surface area (Å²) in [6, 6.07) is 7.34. The van der Waals surface area contributed by atoms with Gasteiger partial charge in [-0.3, -0.25) is 4.98 Å². The lowest BCUT2D eigenvalue weighted by Gasteiger charge is -1.93. The monoisotopic (exact) mass is 235 g/mol. The topological polar surface area (TPSA) is 33.1 Å². The Bertz CT molecular complexity index is 493. The molecule has 0 radical (unpaired) electrons. The van der Waals surface area contributed by atoms with Crippen LogP contribution in [0.25, 0.3) is 16.4 Å². The summed E-state index contributed by atoms with van der Waals surface area (Å²) in [5.41, 5.74) is 1.32. The molecule has 2 aromatic heterocycles. The van der Waals surface area contributed by atoms with Gasteiger partial charge in [0.2, 0.25) is 0 Å². The van der Waals surface area contributed by atoms with Crippen molar-refractivity contribution in [2.45, 2.75) is 0 Å². The minimum Gasteiger partial charge on any atom is -0.392 e. The Hall–Kier alpha value is -1.52. The fourth-order valence-electron chi connectivity index (χ4n) is 1.30. The Balaban J connectivity index is 2.30. The first-order valence-electron chi connectivity index (χ1n) is 4.78. The van der Waals surface area contributed by atoms with Crippen molar-refractivity contribution in [1.29, 1.82) is 0 Å². The van der Waals surface area contributed by atoms with Crippen LogP contribution in [0.5, 0.6) is 0 Å². The molecule has 1 N–H and O–H groups in total. The summed E-state index contributed by atoms with van der Waals surface area (Å²) in [5, 5.41) is 10.3. The predicted molar refractivity (Wildman–Crippen MR) is 63.7 cm³/mol. The summed E-state index contributed by atoms with van der Waals surface area (Å²) < 4.78 is 13.4. The van der Waals surface area contributed by atoms with Crippen LogP contribution in [0.2, 0.25) is 0 Å². The summed E-state index contributed by atoms with van der Waals surface area (Å²) in [4.78, 5) is 5.10. The highest BCUT2D eigenvalue weighted by Crippen LogP contribution is 2.29. The molecule has 0 aliphatic carbocycles. The maximum absolute atomic E-state index is 13.4. The van der Waals surface area contributed by atoms with Crippen LogP contribution in [0.4, 0.5) is 4.39 Å². The molecular weight excluding hydrogens is 225 g/mol. The number of aliphatic hydroxyl groups excluding tert-OH is 1. The highest BCUT2D eigenvalue weighted by molar-refractivity contribution is 7.13. The van der Waals surface area contributed by atoms with E-state index in [1.54, 1.807) is 17.6 Å². The Kier molecular flexibility index (Phi) is 3.44. The maximum Gasteiger partial charge on any atom is 0.129 e. The van der Waals surface area contributed by atoms with Crippen molar-refractivity contribution in [2.24, 2.45) is 0 Å². The van der Waals surface area contributed by atoms with Gasteiger partial charge >= 0.3 is 0 Å². The van der Waals surface area contributed by atoms with E-state index in [1.807, 2.05) is 18.2 Å². The molecule has 0 bridgehead atoms. The van der Waals surface area contributed by atoms with Gasteiger partial charge in [0.15, 0.2) is 0 Å². The van der Waals surface area contributed by atoms with Gasteiger partial charge in [0.25, 0.3) is 0 Å². The molecule has 0 aliphatic heterocycles. The van der Waals surface area contributed by atoms with Crippen LogP contribution in [-0.2, 0) is 0 Å². The van der Waals surface area contributed by atoms with E-state index < -0.39 is 5.83 Å². The largest absolute Gasteiger partial charge is 0.392 e. The molecule has 0 spiro atoms. The van der Waals surface area contributed by atoms with E-state index >= 15 is 0 Å². The average Bonchev–Trinajstić information content (AvgIpc) is 2.80. The molecular formula is C12H10FNOS. The number of hydrogen-bond donors (Lipinski definition) is 1. The molecule has 0 aromatic carbocycles. The summed E-state index contributed by atoms with van der Waals surface area (Å²) >= 11 is 1.43. The lowest BCUT2D eigenvalue weighted by molar-refractivity contribution is 0.342. The van der Waals surface area contributed by atoms with Crippen molar-refractivity contribution in [3.8, 4) is 10.6 Å². The molecule has 2 rings (SSSR count). The molecule has 82 valence electrons. The molecule has 2 nitrogen and oxygen atoms in total. The minimum atomic E-state index is -0.402. The highest BCUT2D eigenvalue weighted by Gasteiger charge is 2.06. The van der Waals surface area contributed by atoms with Crippen molar-refractivity contribution in [1.82, 2.24) is 4.98 Å². The first kappa shape index (κ1) is 11.0. The minimum absolute atomic E-state index is 0.291. The van der Waals surface area contributed by atoms with E-state index in [2.05, 4.69) is 4.98 Å². The standard InChI is InChI=1S/C12H10FNOS/c13-10(4-6-15)9-7-12(16-8-9)11-3-1-2-5-14-11/h1-5,7-8,15H,6H2/b10-4-. The fourth-order valence-corrected chi connectivity index (χ4v) is 2.17. The number of pyridine rings is 1. The molecule has 16 heavy (non-hydrogen) atoms. The number of nitrogens with zero attached hydrogens (tertiary/aromatic N) is 1. The van der Waals surface area contributed by atoms with E-state index in [0.717, 1.165) is 16.6 Å². The first-order valence-corrected chi connectivity index (χ1v) is 5.66. The van der Waals surface area contributed by atoms with Crippen molar-refractivity contribution in [3.63, 3.8) is 0 Å². The van der Waals surface area contributed by atoms with E-state index in [9.17, 15) is 4.39 Å². The SMILES string of the molecule is OC/C=C(\F)c1csc(-c2ccccn2)c1. The Morgan fingerprint density at radius 1 is 1.50 bits per heavy atom. The number of aromatic nitrogens is 1. The lowest BCUT2D eigenvalue weighted by atomic mass is 10.2. The normalized spacial score (nSPS) is 11.8. The van der Waals surface area contributed by atoms with Gasteiger partial charge < -0.3 is 5.11 Å². The molecule has 0 fully saturated rings. The maximum atomic E-state index is 13.4. The average molecular weight is 235 g/mol. The van der Waals surface area contributed by atoms with Gasteiger partial charge in [0, 0.05) is 17.1 Å². The summed E-state index contributed by atoms with van der Waals surface area (Å²) in [6.07, 6.45) is 2.85. The number of hydrogen-bond acceptors (Lipinski definition) is 3. The number of thiophene rings is 1. The molecule has 0 aliphatic rings. The van der Waals surface area contributed by atoms with Crippen LogP contribution in [0.15, 0.2) is 41.9 Å². The van der Waals surface area contributed by atoms with Gasteiger partial charge in [-0.1, -0.05) is 6.07 Å². The van der Waals surface area contributed by atoms with Gasteiger partial charge in [0.1, 0.15) is 5.83 Å². The zero-order valence-electron chi connectivity index (χ0n) is 8.43. The quantitative estimate of drug-likeness (QED) is 0.886. The van der Waals surface area contributed by atoms with Gasteiger partial charge in [-0.25, -0.2) is 4.39 Å². The van der Waals surface area contributed by atoms with Gasteiger partial charge in [0.05, 0.1) is 17.2 Å². The molecule has 0 saturated heterocycles. The van der Waals surface area contributed by atoms with E-state index in [1.165, 1.54) is 11.3 Å². The smallest absolute Gasteiger partial charge is 0.129 e. The third-order valence-electron chi connectivity index (χ3n) is 2.06. The molecule has 0 atom stereocenters. The number of aliphatic hydroxyl groups is 1. The highest BCUT2D eigenvalue weighted by atomic mass is 32.1. The third kappa shape index (κ3) is 2.35. The molecule has 0 unspecified atom stereocenters. The van der Waals surface area contributed by atoms with Gasteiger partial charge in [-0.05, 0) is 24.3 Å². The van der Waals surface area contributed by atoms with Crippen LogP contribution in [0, 0.1) is 0 Å². The molecule has 4 heteroatoms. The number of rotatable bonds is 3. The van der Waals surface area contributed by atoms with E-state index in [-0.39, 0.29) is 6.61 Å². The van der Waals surface area contributed by atoms with Crippen molar-refractivity contribution >= 4 is 17.2 Å². The second-order valence-electron chi connectivity index (χ2n) is 3.15. The third-order valence-corrected chi connectivity index (χ3v) is 3.02. The summed E-state index contributed by atoms with van der Waals surface area (Å²) in [6.45, 7) is -0.291. The second-order valence-corrected chi connectivity index (χ2v) is 4.06. The van der Waals surface area contributed by atoms with Crippen molar-refractivity contribution in [3.05, 3.63) is 47.5 Å². The Morgan fingerprint density at radius 2 is 2.38 bits per heavy atom. The van der Waals surface area contributed by atoms with Gasteiger partial charge in [-0.2, -0.15) is 0 Å². The van der Waals surface area contributed by atoms with E-state index in [0.29, 0.717) is 5.56 Å².